The van der Waals surface area contributed by atoms with Crippen LogP contribution in [0.4, 0.5) is 14.9 Å². The van der Waals surface area contributed by atoms with Gasteiger partial charge in [-0.05, 0) is 18.6 Å². The normalized spacial score (nSPS) is 9.95. The van der Waals surface area contributed by atoms with E-state index < -0.39 is 24.4 Å². The number of carboxylic acid groups (broad SMARTS) is 1. The topological polar surface area (TPSA) is 78.9 Å². The van der Waals surface area contributed by atoms with Crippen LogP contribution >= 0.6 is 0 Å². The fourth-order valence-corrected chi connectivity index (χ4v) is 1.65. The predicted octanol–water partition coefficient (Wildman–Crippen LogP) is 2.16. The van der Waals surface area contributed by atoms with Crippen molar-refractivity contribution in [2.45, 2.75) is 13.3 Å². The molecule has 0 radical (unpaired) electrons. The number of carbonyl (C=O) groups excluding carboxylic acids is 1. The number of nitrogens with zero attached hydrogens (tertiary/aromatic N) is 1. The molecule has 7 heteroatoms. The molecule has 0 unspecified atom stereocenters. The number of carbonyl (C=O) groups is 2. The maximum atomic E-state index is 13.0. The van der Waals surface area contributed by atoms with Gasteiger partial charge in [-0.2, -0.15) is 0 Å². The van der Waals surface area contributed by atoms with Gasteiger partial charge in [-0.1, -0.05) is 6.92 Å². The van der Waals surface area contributed by atoms with E-state index in [-0.39, 0.29) is 11.4 Å². The molecule has 0 heterocycles. The molecule has 0 aliphatic heterocycles. The van der Waals surface area contributed by atoms with Gasteiger partial charge in [0, 0.05) is 12.6 Å². The summed E-state index contributed by atoms with van der Waals surface area (Å²) in [6.45, 7) is 1.74. The second-order valence-corrected chi connectivity index (χ2v) is 4.09. The van der Waals surface area contributed by atoms with Crippen molar-refractivity contribution in [2.75, 3.05) is 25.5 Å². The number of halogens is 1. The Balaban J connectivity index is 2.84. The van der Waals surface area contributed by atoms with Crippen LogP contribution in [0.2, 0.25) is 0 Å². The number of hydrogen-bond donors (Lipinski definition) is 2. The van der Waals surface area contributed by atoms with E-state index in [2.05, 4.69) is 5.32 Å². The summed E-state index contributed by atoms with van der Waals surface area (Å²) in [6, 6.07) is 3.10. The lowest BCUT2D eigenvalue weighted by molar-refractivity contribution is -0.137. The summed E-state index contributed by atoms with van der Waals surface area (Å²) in [5, 5.41) is 11.3. The fourth-order valence-electron chi connectivity index (χ4n) is 1.65. The molecule has 0 spiro atoms. The maximum absolute atomic E-state index is 13.0. The molecule has 0 aromatic heterocycles. The summed E-state index contributed by atoms with van der Waals surface area (Å²) in [7, 11) is 1.35. The molecule has 1 aromatic carbocycles. The molecule has 110 valence electrons. The molecule has 0 fully saturated rings. The van der Waals surface area contributed by atoms with Crippen molar-refractivity contribution in [2.24, 2.45) is 0 Å². The largest absolute Gasteiger partial charge is 0.494 e. The molecule has 1 rings (SSSR count). The Morgan fingerprint density at radius 3 is 2.70 bits per heavy atom. The zero-order valence-electron chi connectivity index (χ0n) is 11.4. The van der Waals surface area contributed by atoms with Crippen LogP contribution in [0.15, 0.2) is 18.2 Å². The molecule has 1 aromatic rings. The quantitative estimate of drug-likeness (QED) is 0.839. The smallest absolute Gasteiger partial charge is 0.323 e. The summed E-state index contributed by atoms with van der Waals surface area (Å²) in [4.78, 5) is 23.9. The molecule has 0 atom stereocenters. The van der Waals surface area contributed by atoms with Crippen LogP contribution < -0.4 is 10.1 Å². The van der Waals surface area contributed by atoms with Crippen molar-refractivity contribution in [3.05, 3.63) is 24.0 Å². The monoisotopic (exact) mass is 284 g/mol. The van der Waals surface area contributed by atoms with Gasteiger partial charge in [0.1, 0.15) is 18.1 Å². The number of carboxylic acids is 1. The van der Waals surface area contributed by atoms with E-state index in [1.165, 1.54) is 19.2 Å². The molecule has 0 aliphatic carbocycles. The number of amides is 2. The highest BCUT2D eigenvalue weighted by molar-refractivity contribution is 5.92. The molecule has 0 bridgehead atoms. The highest BCUT2D eigenvalue weighted by Crippen LogP contribution is 2.25. The van der Waals surface area contributed by atoms with E-state index in [4.69, 9.17) is 9.84 Å². The molecule has 20 heavy (non-hydrogen) atoms. The summed E-state index contributed by atoms with van der Waals surface area (Å²) < 4.78 is 18.0. The summed E-state index contributed by atoms with van der Waals surface area (Å²) in [5.41, 5.74) is 0.283. The van der Waals surface area contributed by atoms with Gasteiger partial charge in [-0.3, -0.25) is 4.79 Å². The Morgan fingerprint density at radius 1 is 1.45 bits per heavy atom. The Morgan fingerprint density at radius 2 is 2.15 bits per heavy atom. The lowest BCUT2D eigenvalue weighted by Crippen LogP contribution is -2.39. The van der Waals surface area contributed by atoms with Crippen molar-refractivity contribution in [1.82, 2.24) is 4.90 Å². The van der Waals surface area contributed by atoms with Crippen molar-refractivity contribution in [3.63, 3.8) is 0 Å². The van der Waals surface area contributed by atoms with Crippen LogP contribution in [-0.2, 0) is 4.79 Å². The van der Waals surface area contributed by atoms with Crippen molar-refractivity contribution in [3.8, 4) is 5.75 Å². The van der Waals surface area contributed by atoms with E-state index in [0.717, 1.165) is 11.0 Å². The van der Waals surface area contributed by atoms with Crippen molar-refractivity contribution in [1.29, 1.82) is 0 Å². The third kappa shape index (κ3) is 4.42. The Hall–Kier alpha value is -2.31. The Kier molecular flexibility index (Phi) is 5.76. The first-order valence-corrected chi connectivity index (χ1v) is 6.09. The lowest BCUT2D eigenvalue weighted by atomic mass is 10.3. The maximum Gasteiger partial charge on any atom is 0.323 e. The van der Waals surface area contributed by atoms with E-state index in [9.17, 15) is 14.0 Å². The van der Waals surface area contributed by atoms with Crippen molar-refractivity contribution < 1.29 is 23.8 Å². The lowest BCUT2D eigenvalue weighted by Gasteiger charge is -2.21. The molecule has 2 N–H and O–H groups in total. The highest BCUT2D eigenvalue weighted by atomic mass is 19.1. The zero-order valence-corrected chi connectivity index (χ0v) is 11.4. The van der Waals surface area contributed by atoms with E-state index in [1.54, 1.807) is 0 Å². The highest BCUT2D eigenvalue weighted by Gasteiger charge is 2.17. The first-order chi connectivity index (χ1) is 9.47. The van der Waals surface area contributed by atoms with Gasteiger partial charge in [0.25, 0.3) is 0 Å². The van der Waals surface area contributed by atoms with Crippen LogP contribution in [0, 0.1) is 5.82 Å². The Labute approximate surface area is 116 Å². The SMILES string of the molecule is CCCN(CC(=O)O)C(=O)Nc1ccc(F)cc1OC. The third-order valence-corrected chi connectivity index (χ3v) is 2.51. The van der Waals surface area contributed by atoms with Crippen LogP contribution in [0.1, 0.15) is 13.3 Å². The van der Waals surface area contributed by atoms with Gasteiger partial charge < -0.3 is 20.1 Å². The Bertz CT molecular complexity index is 493. The van der Waals surface area contributed by atoms with E-state index >= 15 is 0 Å². The van der Waals surface area contributed by atoms with Gasteiger partial charge in [0.05, 0.1) is 12.8 Å². The predicted molar refractivity (Wildman–Crippen MR) is 71.5 cm³/mol. The van der Waals surface area contributed by atoms with E-state index in [0.29, 0.717) is 13.0 Å². The third-order valence-electron chi connectivity index (χ3n) is 2.51. The average molecular weight is 284 g/mol. The zero-order chi connectivity index (χ0) is 15.1. The second-order valence-electron chi connectivity index (χ2n) is 4.09. The molecule has 0 saturated carbocycles. The van der Waals surface area contributed by atoms with Gasteiger partial charge in [-0.15, -0.1) is 0 Å². The number of methoxy groups -OCH3 is 1. The fraction of sp³-hybridized carbons (Fsp3) is 0.385. The number of aliphatic carboxylic acids is 1. The van der Waals surface area contributed by atoms with Gasteiger partial charge >= 0.3 is 12.0 Å². The number of nitrogens with one attached hydrogen (secondary N) is 1. The van der Waals surface area contributed by atoms with Crippen LogP contribution in [0.5, 0.6) is 5.75 Å². The van der Waals surface area contributed by atoms with Crippen LogP contribution in [0.25, 0.3) is 0 Å². The molecule has 0 aliphatic rings. The summed E-state index contributed by atoms with van der Waals surface area (Å²) >= 11 is 0. The second kappa shape index (κ2) is 7.32. The minimum absolute atomic E-state index is 0.171. The summed E-state index contributed by atoms with van der Waals surface area (Å²) in [5.74, 6) is -1.42. The number of anilines is 1. The first-order valence-electron chi connectivity index (χ1n) is 6.09. The molecule has 6 nitrogen and oxygen atoms in total. The van der Waals surface area contributed by atoms with Gasteiger partial charge in [-0.25, -0.2) is 9.18 Å². The number of benzene rings is 1. The molecular weight excluding hydrogens is 267 g/mol. The molecular formula is C13H17FN2O4. The van der Waals surface area contributed by atoms with Gasteiger partial charge in [0.2, 0.25) is 0 Å². The number of ether oxygens (including phenoxy) is 1. The standard InChI is InChI=1S/C13H17FN2O4/c1-3-6-16(8-12(17)18)13(19)15-10-5-4-9(14)7-11(10)20-2/h4-5,7H,3,6,8H2,1-2H3,(H,15,19)(H,17,18). The van der Waals surface area contributed by atoms with Gasteiger partial charge in [0.15, 0.2) is 0 Å². The van der Waals surface area contributed by atoms with Crippen molar-refractivity contribution >= 4 is 17.7 Å². The number of rotatable bonds is 6. The average Bonchev–Trinajstić information content (AvgIpc) is 2.39. The van der Waals surface area contributed by atoms with Crippen LogP contribution in [-0.4, -0.2) is 42.2 Å². The molecule has 2 amide bonds. The number of urea groups is 1. The first kappa shape index (κ1) is 15.7. The number of hydrogen-bond acceptors (Lipinski definition) is 3. The minimum Gasteiger partial charge on any atom is -0.494 e. The summed E-state index contributed by atoms with van der Waals surface area (Å²) in [6.07, 6.45) is 0.626. The minimum atomic E-state index is -1.10. The van der Waals surface area contributed by atoms with E-state index in [1.807, 2.05) is 6.92 Å². The van der Waals surface area contributed by atoms with Crippen LogP contribution in [0.3, 0.4) is 0 Å². The molecule has 0 saturated heterocycles.